The summed E-state index contributed by atoms with van der Waals surface area (Å²) < 4.78 is 0. The van der Waals surface area contributed by atoms with Crippen LogP contribution in [0.15, 0.2) is 104 Å². The molecule has 1 atom stereocenters. The van der Waals surface area contributed by atoms with E-state index in [-0.39, 0.29) is 46.7 Å². The Hall–Kier alpha value is -3.24. The first-order valence-electron chi connectivity index (χ1n) is 17.4. The SMILES string of the molecule is C=C/C=C(\C=C)[N-]C1CCCc2cccc(-c3ccc4cccc([N-]c5c(C(C)C)cccc5C(C)C)c4n3)c21.CC.CC.CC.[CH3-].[CH3-].[Hf+4]. The zero-order chi connectivity index (χ0) is 34.2. The van der Waals surface area contributed by atoms with E-state index in [9.17, 15) is 0 Å². The van der Waals surface area contributed by atoms with Gasteiger partial charge in [0.1, 0.15) is 0 Å². The minimum Gasteiger partial charge on any atom is -0.678 e. The second-order valence-corrected chi connectivity index (χ2v) is 11.2. The molecule has 4 heteroatoms. The van der Waals surface area contributed by atoms with E-state index in [2.05, 4.69) is 108 Å². The van der Waals surface area contributed by atoms with Gasteiger partial charge in [-0.25, -0.2) is 4.98 Å². The summed E-state index contributed by atoms with van der Waals surface area (Å²) in [5.74, 6) is 0.756. The molecule has 4 aromatic rings. The Morgan fingerprint density at radius 3 is 1.96 bits per heavy atom. The fourth-order valence-corrected chi connectivity index (χ4v) is 5.80. The summed E-state index contributed by atoms with van der Waals surface area (Å²) in [6.07, 6.45) is 8.68. The predicted molar refractivity (Wildman–Crippen MR) is 219 cm³/mol. The van der Waals surface area contributed by atoms with Crippen LogP contribution in [0.25, 0.3) is 32.8 Å². The van der Waals surface area contributed by atoms with Gasteiger partial charge in [0.05, 0.1) is 11.2 Å². The second-order valence-electron chi connectivity index (χ2n) is 11.2. The van der Waals surface area contributed by atoms with Gasteiger partial charge in [-0.15, -0.1) is 23.7 Å². The van der Waals surface area contributed by atoms with Crippen LogP contribution >= 0.6 is 0 Å². The van der Waals surface area contributed by atoms with Gasteiger partial charge in [0.2, 0.25) is 0 Å². The van der Waals surface area contributed by atoms with Crippen LogP contribution in [0.2, 0.25) is 0 Å². The van der Waals surface area contributed by atoms with E-state index in [1.54, 1.807) is 12.2 Å². The van der Waals surface area contributed by atoms with Crippen LogP contribution in [0.3, 0.4) is 0 Å². The maximum absolute atomic E-state index is 5.31. The summed E-state index contributed by atoms with van der Waals surface area (Å²) in [6, 6.07) is 23.8. The van der Waals surface area contributed by atoms with Gasteiger partial charge < -0.3 is 25.5 Å². The van der Waals surface area contributed by atoms with Gasteiger partial charge in [0, 0.05) is 5.56 Å². The Labute approximate surface area is 320 Å². The third kappa shape index (κ3) is 11.9. The quantitative estimate of drug-likeness (QED) is 0.0942. The first-order valence-corrected chi connectivity index (χ1v) is 17.4. The largest absolute Gasteiger partial charge is 4.00 e. The number of allylic oxidation sites excluding steroid dienone is 3. The molecule has 0 amide bonds. The molecule has 5 rings (SSSR count). The summed E-state index contributed by atoms with van der Waals surface area (Å²) in [4.78, 5) is 5.28. The van der Waals surface area contributed by atoms with E-state index in [0.29, 0.717) is 11.8 Å². The Morgan fingerprint density at radius 2 is 1.39 bits per heavy atom. The van der Waals surface area contributed by atoms with E-state index >= 15 is 0 Å². The van der Waals surface area contributed by atoms with E-state index in [1.165, 1.54) is 22.3 Å². The number of pyridine rings is 1. The van der Waals surface area contributed by atoms with Crippen LogP contribution in [0, 0.1) is 14.9 Å². The molecule has 0 aliphatic heterocycles. The minimum atomic E-state index is 0. The zero-order valence-corrected chi connectivity index (χ0v) is 36.3. The average molecular weight is 825 g/mol. The van der Waals surface area contributed by atoms with Crippen molar-refractivity contribution in [3.05, 3.63) is 152 Å². The maximum atomic E-state index is 5.31. The van der Waals surface area contributed by atoms with Crippen molar-refractivity contribution in [2.45, 2.75) is 106 Å². The summed E-state index contributed by atoms with van der Waals surface area (Å²) >= 11 is 0. The Bertz CT molecular complexity index is 1560. The number of hydrogen-bond donors (Lipinski definition) is 0. The van der Waals surface area contributed by atoms with Gasteiger partial charge in [0.15, 0.2) is 0 Å². The number of aryl methyl sites for hydroxylation is 1. The molecule has 0 radical (unpaired) electrons. The molecule has 0 saturated carbocycles. The number of hydrogen-bond acceptors (Lipinski definition) is 1. The molecule has 0 spiro atoms. The first-order chi connectivity index (χ1) is 22.4. The van der Waals surface area contributed by atoms with Crippen molar-refractivity contribution in [3.63, 3.8) is 0 Å². The molecule has 1 aromatic heterocycles. The smallest absolute Gasteiger partial charge is 0.678 e. The van der Waals surface area contributed by atoms with Crippen molar-refractivity contribution in [1.29, 1.82) is 0 Å². The van der Waals surface area contributed by atoms with E-state index in [0.717, 1.165) is 58.5 Å². The van der Waals surface area contributed by atoms with Gasteiger partial charge in [0.25, 0.3) is 0 Å². The summed E-state index contributed by atoms with van der Waals surface area (Å²) in [5.41, 5.74) is 11.0. The van der Waals surface area contributed by atoms with Crippen LogP contribution < -0.4 is 0 Å². The molecule has 49 heavy (non-hydrogen) atoms. The van der Waals surface area contributed by atoms with Crippen LogP contribution in [0.5, 0.6) is 0 Å². The second kappa shape index (κ2) is 24.8. The molecule has 0 bridgehead atoms. The number of para-hydroxylation sites is 2. The molecular formula is C45H63HfN3. The number of nitrogens with zero attached hydrogens (tertiary/aromatic N) is 3. The molecule has 0 saturated heterocycles. The Kier molecular flexibility index (Phi) is 24.3. The molecule has 1 unspecified atom stereocenters. The van der Waals surface area contributed by atoms with Crippen LogP contribution in [-0.4, -0.2) is 4.98 Å². The Morgan fingerprint density at radius 1 is 0.796 bits per heavy atom. The van der Waals surface area contributed by atoms with E-state index < -0.39 is 0 Å². The molecule has 3 aromatic carbocycles. The van der Waals surface area contributed by atoms with Crippen molar-refractivity contribution >= 4 is 22.3 Å². The monoisotopic (exact) mass is 825 g/mol. The van der Waals surface area contributed by atoms with E-state index in [4.69, 9.17) is 15.6 Å². The van der Waals surface area contributed by atoms with Gasteiger partial charge in [-0.1, -0.05) is 185 Å². The van der Waals surface area contributed by atoms with Crippen molar-refractivity contribution in [3.8, 4) is 11.3 Å². The normalized spacial score (nSPS) is 12.8. The summed E-state index contributed by atoms with van der Waals surface area (Å²) in [5, 5.41) is 11.5. The van der Waals surface area contributed by atoms with Gasteiger partial charge in [-0.3, -0.25) is 0 Å². The van der Waals surface area contributed by atoms with Crippen LogP contribution in [0.1, 0.15) is 122 Å². The molecule has 0 fully saturated rings. The minimum absolute atomic E-state index is 0. The molecule has 1 aliphatic rings. The number of rotatable bonds is 9. The number of benzene rings is 3. The zero-order valence-electron chi connectivity index (χ0n) is 32.7. The Balaban J connectivity index is 0. The number of fused-ring (bicyclic) bond motifs is 2. The van der Waals surface area contributed by atoms with Crippen molar-refractivity contribution < 1.29 is 25.8 Å². The van der Waals surface area contributed by atoms with Crippen molar-refractivity contribution in [1.82, 2.24) is 4.98 Å². The van der Waals surface area contributed by atoms with Gasteiger partial charge >= 0.3 is 25.8 Å². The topological polar surface area (TPSA) is 41.1 Å². The summed E-state index contributed by atoms with van der Waals surface area (Å²) in [7, 11) is 0. The van der Waals surface area contributed by atoms with Gasteiger partial charge in [-0.2, -0.15) is 0 Å². The molecular weight excluding hydrogens is 761 g/mol. The van der Waals surface area contributed by atoms with E-state index in [1.807, 2.05) is 47.6 Å². The fraction of sp³-hybridized carbons (Fsp3) is 0.356. The summed E-state index contributed by atoms with van der Waals surface area (Å²) in [6.45, 7) is 28.8. The standard InChI is InChI=1S/C37H39N3.3C2H6.2CH3.Hf/c1-7-13-28(8-2)38-33-20-10-15-26-14-9-19-31(35(26)33)32-23-22-27-16-11-21-34(36(27)39-32)40-37-29(24(3)4)17-12-18-30(37)25(5)6;3*1-2;;;/h7-9,11-14,16-19,21-25,33H,1-2,10,15,20H2,3-6H3;3*1-2H3;2*1H3;/q-2;;;;2*-1;+4/b28-13+;;;;;;. The fourth-order valence-electron chi connectivity index (χ4n) is 5.80. The average Bonchev–Trinajstić information content (AvgIpc) is 3.10. The third-order valence-corrected chi connectivity index (χ3v) is 7.81. The van der Waals surface area contributed by atoms with Crippen LogP contribution in [0.4, 0.5) is 11.4 Å². The maximum Gasteiger partial charge on any atom is 4.00 e. The van der Waals surface area contributed by atoms with Crippen LogP contribution in [-0.2, 0) is 32.3 Å². The molecule has 1 heterocycles. The molecule has 262 valence electrons. The van der Waals surface area contributed by atoms with Crippen molar-refractivity contribution in [2.75, 3.05) is 0 Å². The first kappa shape index (κ1) is 47.9. The predicted octanol–water partition coefficient (Wildman–Crippen LogP) is 15.5. The third-order valence-electron chi connectivity index (χ3n) is 7.81. The molecule has 3 nitrogen and oxygen atoms in total. The van der Waals surface area contributed by atoms with Crippen molar-refractivity contribution in [2.24, 2.45) is 0 Å². The molecule has 1 aliphatic carbocycles. The number of aromatic nitrogens is 1. The molecule has 0 N–H and O–H groups in total. The van der Waals surface area contributed by atoms with Gasteiger partial charge in [-0.05, 0) is 40.8 Å².